The Labute approximate surface area is 162 Å². The Morgan fingerprint density at radius 1 is 1.00 bits per heavy atom. The van der Waals surface area contributed by atoms with Crippen LogP contribution in [0.1, 0.15) is 6.92 Å². The lowest BCUT2D eigenvalue weighted by atomic mass is 10.4. The van der Waals surface area contributed by atoms with Crippen LogP contribution in [-0.4, -0.2) is 33.2 Å². The van der Waals surface area contributed by atoms with Crippen LogP contribution in [-0.2, 0) is 4.74 Å². The summed E-state index contributed by atoms with van der Waals surface area (Å²) in [5, 5.41) is 23.6. The predicted molar refractivity (Wildman–Crippen MR) is 96.9 cm³/mol. The fourth-order valence-electron chi connectivity index (χ4n) is 1.47. The quantitative estimate of drug-likeness (QED) is 0.238. The second-order valence-corrected chi connectivity index (χ2v) is 5.41. The third-order valence-electron chi connectivity index (χ3n) is 2.57. The van der Waals surface area contributed by atoms with Crippen molar-refractivity contribution in [3.63, 3.8) is 0 Å². The average Bonchev–Trinajstić information content (AvgIpc) is 2.55. The second-order valence-electron chi connectivity index (χ2n) is 4.27. The summed E-state index contributed by atoms with van der Waals surface area (Å²) in [5.74, 6) is 0.112. The Hall–Kier alpha value is -2.27. The van der Waals surface area contributed by atoms with Gasteiger partial charge < -0.3 is 10.1 Å². The molecule has 0 saturated carbocycles. The lowest BCUT2D eigenvalue weighted by Crippen LogP contribution is -2.09. The van der Waals surface area contributed by atoms with Gasteiger partial charge in [-0.25, -0.2) is 9.97 Å². The van der Waals surface area contributed by atoms with Gasteiger partial charge in [0, 0.05) is 18.7 Å². The van der Waals surface area contributed by atoms with Crippen LogP contribution >= 0.6 is 34.8 Å². The number of aromatic nitrogens is 2. The van der Waals surface area contributed by atoms with E-state index in [1.165, 1.54) is 24.3 Å². The Bertz CT molecular complexity index is 793. The van der Waals surface area contributed by atoms with Gasteiger partial charge in [0.05, 0.1) is 9.85 Å². The maximum atomic E-state index is 10.6. The molecule has 0 atom stereocenters. The molecule has 0 saturated heterocycles. The predicted octanol–water partition coefficient (Wildman–Crippen LogP) is 4.35. The lowest BCUT2D eigenvalue weighted by molar-refractivity contribution is -0.385. The molecule has 0 aliphatic carbocycles. The van der Waals surface area contributed by atoms with E-state index in [4.69, 9.17) is 39.5 Å². The van der Waals surface area contributed by atoms with Gasteiger partial charge in [-0.15, -0.1) is 0 Å². The van der Waals surface area contributed by atoms with Crippen LogP contribution in [0.4, 0.5) is 17.2 Å². The summed E-state index contributed by atoms with van der Waals surface area (Å²) < 4.78 is 5.00. The molecule has 0 aromatic carbocycles. The van der Waals surface area contributed by atoms with Gasteiger partial charge in [-0.2, -0.15) is 0 Å². The number of ether oxygens (including phenoxy) is 1. The molecular weight excluding hydrogens is 413 g/mol. The van der Waals surface area contributed by atoms with Crippen LogP contribution in [0, 0.1) is 20.2 Å². The molecule has 140 valence electrons. The van der Waals surface area contributed by atoms with Gasteiger partial charge in [-0.3, -0.25) is 20.2 Å². The molecule has 26 heavy (non-hydrogen) atoms. The fourth-order valence-corrected chi connectivity index (χ4v) is 2.03. The van der Waals surface area contributed by atoms with Gasteiger partial charge in [0.1, 0.15) is 17.0 Å². The number of nitrogens with one attached hydrogen (secondary N) is 1. The number of hydrogen-bond acceptors (Lipinski definition) is 8. The third-order valence-corrected chi connectivity index (χ3v) is 3.27. The van der Waals surface area contributed by atoms with E-state index in [2.05, 4.69) is 15.3 Å². The summed E-state index contributed by atoms with van der Waals surface area (Å²) in [6, 6.07) is 5.18. The van der Waals surface area contributed by atoms with E-state index in [-0.39, 0.29) is 39.4 Å². The first kappa shape index (κ1) is 21.8. The minimum absolute atomic E-state index is 0.112. The second kappa shape index (κ2) is 10.7. The Kier molecular flexibility index (Phi) is 8.93. The molecule has 2 aromatic rings. The molecule has 2 rings (SSSR count). The number of rotatable bonds is 6. The molecule has 0 spiro atoms. The summed E-state index contributed by atoms with van der Waals surface area (Å²) in [4.78, 5) is 26.9. The van der Waals surface area contributed by atoms with Gasteiger partial charge in [-0.05, 0) is 19.1 Å². The SMILES string of the molecule is CCOCNc1nc(Cl)ccc1[N+](=O)[O-].O=[N+]([O-])c1ccc(Cl)nc1Cl. The van der Waals surface area contributed by atoms with Crippen molar-refractivity contribution in [3.8, 4) is 0 Å². The first-order chi connectivity index (χ1) is 12.3. The van der Waals surface area contributed by atoms with Crippen molar-refractivity contribution in [3.05, 3.63) is 60.0 Å². The maximum absolute atomic E-state index is 10.6. The summed E-state index contributed by atoms with van der Waals surface area (Å²) in [7, 11) is 0. The van der Waals surface area contributed by atoms with Crippen molar-refractivity contribution in [1.82, 2.24) is 9.97 Å². The van der Waals surface area contributed by atoms with Crippen molar-refractivity contribution in [1.29, 1.82) is 0 Å². The zero-order valence-electron chi connectivity index (χ0n) is 13.2. The zero-order chi connectivity index (χ0) is 19.7. The van der Waals surface area contributed by atoms with Crippen LogP contribution in [0.5, 0.6) is 0 Å². The maximum Gasteiger partial charge on any atom is 0.311 e. The Balaban J connectivity index is 0.000000273. The van der Waals surface area contributed by atoms with Gasteiger partial charge in [0.15, 0.2) is 0 Å². The molecule has 0 amide bonds. The standard InChI is InChI=1S/C8H10ClN3O3.C5H2Cl2N2O2/c1-2-15-5-10-8-6(12(13)14)3-4-7(9)11-8;6-4-2-1-3(9(10)11)5(7)8-4/h3-4H,2,5H2,1H3,(H,10,11);1-2H. The first-order valence-electron chi connectivity index (χ1n) is 6.85. The molecule has 0 aliphatic rings. The van der Waals surface area contributed by atoms with E-state index in [1.807, 2.05) is 6.92 Å². The summed E-state index contributed by atoms with van der Waals surface area (Å²) in [6.45, 7) is 2.49. The van der Waals surface area contributed by atoms with E-state index in [0.717, 1.165) is 0 Å². The van der Waals surface area contributed by atoms with Crippen molar-refractivity contribution < 1.29 is 14.6 Å². The number of nitro groups is 2. The fraction of sp³-hybridized carbons (Fsp3) is 0.231. The topological polar surface area (TPSA) is 133 Å². The molecule has 0 aliphatic heterocycles. The first-order valence-corrected chi connectivity index (χ1v) is 7.98. The summed E-state index contributed by atoms with van der Waals surface area (Å²) in [5.41, 5.74) is -0.366. The van der Waals surface area contributed by atoms with E-state index < -0.39 is 9.85 Å². The molecule has 0 radical (unpaired) electrons. The molecule has 2 heterocycles. The molecule has 0 unspecified atom stereocenters. The highest BCUT2D eigenvalue weighted by Gasteiger charge is 2.15. The van der Waals surface area contributed by atoms with Crippen molar-refractivity contribution in [2.24, 2.45) is 0 Å². The number of halogens is 3. The summed E-state index contributed by atoms with van der Waals surface area (Å²) >= 11 is 16.4. The van der Waals surface area contributed by atoms with E-state index in [9.17, 15) is 20.2 Å². The van der Waals surface area contributed by atoms with Gasteiger partial charge in [-0.1, -0.05) is 34.8 Å². The van der Waals surface area contributed by atoms with Crippen LogP contribution in [0.3, 0.4) is 0 Å². The number of nitrogens with zero attached hydrogens (tertiary/aromatic N) is 4. The van der Waals surface area contributed by atoms with E-state index in [1.54, 1.807) is 0 Å². The van der Waals surface area contributed by atoms with Crippen LogP contribution < -0.4 is 5.32 Å². The normalized spacial score (nSPS) is 9.85. The average molecular weight is 425 g/mol. The van der Waals surface area contributed by atoms with E-state index >= 15 is 0 Å². The van der Waals surface area contributed by atoms with Crippen molar-refractivity contribution in [2.45, 2.75) is 6.92 Å². The third kappa shape index (κ3) is 6.92. The van der Waals surface area contributed by atoms with Gasteiger partial charge >= 0.3 is 11.4 Å². The van der Waals surface area contributed by atoms with E-state index in [0.29, 0.717) is 6.61 Å². The van der Waals surface area contributed by atoms with Crippen LogP contribution in [0.25, 0.3) is 0 Å². The molecule has 0 bridgehead atoms. The zero-order valence-corrected chi connectivity index (χ0v) is 15.5. The highest BCUT2D eigenvalue weighted by Crippen LogP contribution is 2.24. The molecule has 13 heteroatoms. The van der Waals surface area contributed by atoms with Crippen molar-refractivity contribution in [2.75, 3.05) is 18.7 Å². The van der Waals surface area contributed by atoms with Gasteiger partial charge in [0.25, 0.3) is 0 Å². The summed E-state index contributed by atoms with van der Waals surface area (Å²) in [6.07, 6.45) is 0. The minimum atomic E-state index is -0.619. The molecule has 1 N–H and O–H groups in total. The molecule has 0 fully saturated rings. The smallest absolute Gasteiger partial charge is 0.311 e. The van der Waals surface area contributed by atoms with Crippen LogP contribution in [0.2, 0.25) is 15.5 Å². The monoisotopic (exact) mass is 423 g/mol. The number of anilines is 1. The number of pyridine rings is 2. The largest absolute Gasteiger partial charge is 0.362 e. The molecule has 10 nitrogen and oxygen atoms in total. The Morgan fingerprint density at radius 2 is 1.54 bits per heavy atom. The highest BCUT2D eigenvalue weighted by atomic mass is 35.5. The van der Waals surface area contributed by atoms with Gasteiger partial charge in [0.2, 0.25) is 11.0 Å². The Morgan fingerprint density at radius 3 is 2.04 bits per heavy atom. The van der Waals surface area contributed by atoms with Crippen molar-refractivity contribution >= 4 is 52.0 Å². The van der Waals surface area contributed by atoms with Crippen LogP contribution in [0.15, 0.2) is 24.3 Å². The molecule has 2 aromatic heterocycles. The lowest BCUT2D eigenvalue weighted by Gasteiger charge is -2.05. The minimum Gasteiger partial charge on any atom is -0.362 e. The number of hydrogen-bond donors (Lipinski definition) is 1. The molecular formula is C13H12Cl3N5O5. The highest BCUT2D eigenvalue weighted by molar-refractivity contribution is 6.33.